The summed E-state index contributed by atoms with van der Waals surface area (Å²) in [7, 11) is 0. The lowest BCUT2D eigenvalue weighted by atomic mass is 10.0. The van der Waals surface area contributed by atoms with Crippen LogP contribution in [0.5, 0.6) is 0 Å². The second kappa shape index (κ2) is 10.3. The van der Waals surface area contributed by atoms with Gasteiger partial charge in [0.1, 0.15) is 11.6 Å². The van der Waals surface area contributed by atoms with E-state index in [1.165, 1.54) is 6.42 Å². The quantitative estimate of drug-likeness (QED) is 0.648. The molecule has 0 aromatic heterocycles. The third-order valence-electron chi connectivity index (χ3n) is 5.02. The molecule has 0 saturated carbocycles. The van der Waals surface area contributed by atoms with E-state index in [1.54, 1.807) is 18.2 Å². The van der Waals surface area contributed by atoms with Gasteiger partial charge in [0, 0.05) is 42.5 Å². The van der Waals surface area contributed by atoms with Gasteiger partial charge in [-0.3, -0.25) is 14.5 Å². The molecule has 2 amide bonds. The Morgan fingerprint density at radius 3 is 2.30 bits per heavy atom. The Balaban J connectivity index is 1.86. The van der Waals surface area contributed by atoms with Crippen molar-refractivity contribution in [3.05, 3.63) is 64.7 Å². The Labute approximate surface area is 174 Å². The Bertz CT molecular complexity index is 894. The molecule has 2 aromatic carbocycles. The average Bonchev–Trinajstić information content (AvgIpc) is 2.73. The lowest BCUT2D eigenvalue weighted by molar-refractivity contribution is 0.0953. The lowest BCUT2D eigenvalue weighted by Crippen LogP contribution is -2.30. The summed E-state index contributed by atoms with van der Waals surface area (Å²) in [5, 5.41) is 5.41. The molecule has 0 aliphatic carbocycles. The number of amides is 2. The Kier molecular flexibility index (Phi) is 7.48. The van der Waals surface area contributed by atoms with Crippen LogP contribution >= 0.6 is 0 Å². The number of carbonyl (C=O) groups is 2. The van der Waals surface area contributed by atoms with Gasteiger partial charge in [-0.25, -0.2) is 8.78 Å². The van der Waals surface area contributed by atoms with Crippen molar-refractivity contribution in [3.8, 4) is 0 Å². The summed E-state index contributed by atoms with van der Waals surface area (Å²) in [5.41, 5.74) is 6.94. The maximum atomic E-state index is 13.5. The normalized spacial score (nSPS) is 14.4. The van der Waals surface area contributed by atoms with Gasteiger partial charge >= 0.3 is 0 Å². The van der Waals surface area contributed by atoms with Crippen molar-refractivity contribution in [2.75, 3.05) is 31.5 Å². The summed E-state index contributed by atoms with van der Waals surface area (Å²) in [6.07, 6.45) is 3.43. The van der Waals surface area contributed by atoms with Gasteiger partial charge in [0.25, 0.3) is 11.8 Å². The number of likely N-dealkylation sites (tertiary alicyclic amines) is 1. The molecule has 0 bridgehead atoms. The molecular formula is C22H26F2N4O2. The third kappa shape index (κ3) is 5.84. The zero-order chi connectivity index (χ0) is 21.5. The van der Waals surface area contributed by atoms with Crippen LogP contribution in [0.1, 0.15) is 45.5 Å². The summed E-state index contributed by atoms with van der Waals surface area (Å²) >= 11 is 0. The van der Waals surface area contributed by atoms with Gasteiger partial charge in [0.15, 0.2) is 0 Å². The molecule has 1 aliphatic rings. The Hall–Kier alpha value is -2.84. The standard InChI is InChI=1S/C22H26F2N4O2/c23-18-10-17(11-19(24)13-18)22(30)27-20-12-15(21(29)26-7-6-25)4-5-16(20)14-28-8-2-1-3-9-28/h4-5,10-13H,1-3,6-9,14,25H2,(H,26,29)(H,27,30). The van der Waals surface area contributed by atoms with Crippen molar-refractivity contribution in [2.45, 2.75) is 25.8 Å². The molecule has 3 rings (SSSR count). The van der Waals surface area contributed by atoms with E-state index in [4.69, 9.17) is 5.73 Å². The van der Waals surface area contributed by atoms with Crippen LogP contribution in [0.2, 0.25) is 0 Å². The van der Waals surface area contributed by atoms with E-state index in [0.717, 1.165) is 43.6 Å². The van der Waals surface area contributed by atoms with E-state index in [2.05, 4.69) is 15.5 Å². The fraction of sp³-hybridized carbons (Fsp3) is 0.364. The second-order valence-corrected chi connectivity index (χ2v) is 7.37. The second-order valence-electron chi connectivity index (χ2n) is 7.37. The highest BCUT2D eigenvalue weighted by Crippen LogP contribution is 2.23. The van der Waals surface area contributed by atoms with Crippen molar-refractivity contribution in [2.24, 2.45) is 5.73 Å². The lowest BCUT2D eigenvalue weighted by Gasteiger charge is -2.27. The van der Waals surface area contributed by atoms with E-state index in [-0.39, 0.29) is 11.5 Å². The van der Waals surface area contributed by atoms with Crippen LogP contribution in [0.3, 0.4) is 0 Å². The van der Waals surface area contributed by atoms with Gasteiger partial charge in [0.2, 0.25) is 0 Å². The van der Waals surface area contributed by atoms with E-state index in [1.807, 2.05) is 0 Å². The number of carbonyl (C=O) groups excluding carboxylic acids is 2. The van der Waals surface area contributed by atoms with Crippen LogP contribution in [-0.4, -0.2) is 42.9 Å². The topological polar surface area (TPSA) is 87.5 Å². The van der Waals surface area contributed by atoms with E-state index in [0.29, 0.717) is 37.0 Å². The summed E-state index contributed by atoms with van der Waals surface area (Å²) in [6, 6.07) is 7.73. The number of halogens is 2. The first kappa shape index (κ1) is 21.9. The fourth-order valence-corrected chi connectivity index (χ4v) is 3.50. The van der Waals surface area contributed by atoms with Crippen LogP contribution in [0, 0.1) is 11.6 Å². The molecule has 1 saturated heterocycles. The highest BCUT2D eigenvalue weighted by molar-refractivity contribution is 6.05. The molecule has 0 radical (unpaired) electrons. The highest BCUT2D eigenvalue weighted by atomic mass is 19.1. The van der Waals surface area contributed by atoms with Crippen molar-refractivity contribution >= 4 is 17.5 Å². The fourth-order valence-electron chi connectivity index (χ4n) is 3.50. The van der Waals surface area contributed by atoms with Crippen LogP contribution < -0.4 is 16.4 Å². The van der Waals surface area contributed by atoms with E-state index in [9.17, 15) is 18.4 Å². The molecule has 4 N–H and O–H groups in total. The minimum Gasteiger partial charge on any atom is -0.351 e. The van der Waals surface area contributed by atoms with Gasteiger partial charge in [-0.2, -0.15) is 0 Å². The molecule has 8 heteroatoms. The molecule has 1 heterocycles. The zero-order valence-electron chi connectivity index (χ0n) is 16.7. The van der Waals surface area contributed by atoms with Gasteiger partial charge in [-0.1, -0.05) is 12.5 Å². The Morgan fingerprint density at radius 1 is 0.933 bits per heavy atom. The zero-order valence-corrected chi connectivity index (χ0v) is 16.7. The number of nitrogens with one attached hydrogen (secondary N) is 2. The minimum atomic E-state index is -0.830. The molecule has 0 unspecified atom stereocenters. The monoisotopic (exact) mass is 416 g/mol. The number of benzene rings is 2. The summed E-state index contributed by atoms with van der Waals surface area (Å²) in [5.74, 6) is -2.61. The SMILES string of the molecule is NCCNC(=O)c1ccc(CN2CCCCC2)c(NC(=O)c2cc(F)cc(F)c2)c1. The number of hydrogen-bond acceptors (Lipinski definition) is 4. The average molecular weight is 416 g/mol. The number of anilines is 1. The van der Waals surface area contributed by atoms with Crippen LogP contribution in [-0.2, 0) is 6.54 Å². The number of piperidine rings is 1. The highest BCUT2D eigenvalue weighted by Gasteiger charge is 2.17. The van der Waals surface area contributed by atoms with Crippen LogP contribution in [0.25, 0.3) is 0 Å². The molecule has 1 aliphatic heterocycles. The third-order valence-corrected chi connectivity index (χ3v) is 5.02. The molecule has 30 heavy (non-hydrogen) atoms. The molecule has 0 atom stereocenters. The predicted molar refractivity (Wildman–Crippen MR) is 111 cm³/mol. The van der Waals surface area contributed by atoms with Crippen molar-refractivity contribution < 1.29 is 18.4 Å². The maximum absolute atomic E-state index is 13.5. The van der Waals surface area contributed by atoms with Gasteiger partial charge in [-0.05, 0) is 55.8 Å². The Morgan fingerprint density at radius 2 is 1.63 bits per heavy atom. The van der Waals surface area contributed by atoms with E-state index >= 15 is 0 Å². The molecule has 6 nitrogen and oxygen atoms in total. The van der Waals surface area contributed by atoms with Crippen LogP contribution in [0.4, 0.5) is 14.5 Å². The first-order valence-corrected chi connectivity index (χ1v) is 10.1. The van der Waals surface area contributed by atoms with Crippen molar-refractivity contribution in [1.82, 2.24) is 10.2 Å². The minimum absolute atomic E-state index is 0.130. The molecule has 2 aromatic rings. The molecule has 0 spiro atoms. The largest absolute Gasteiger partial charge is 0.351 e. The molecule has 160 valence electrons. The summed E-state index contributed by atoms with van der Waals surface area (Å²) in [4.78, 5) is 27.2. The van der Waals surface area contributed by atoms with Crippen LogP contribution in [0.15, 0.2) is 36.4 Å². The van der Waals surface area contributed by atoms with Gasteiger partial charge < -0.3 is 16.4 Å². The van der Waals surface area contributed by atoms with E-state index < -0.39 is 17.5 Å². The molecule has 1 fully saturated rings. The van der Waals surface area contributed by atoms with Crippen molar-refractivity contribution in [3.63, 3.8) is 0 Å². The number of rotatable bonds is 7. The van der Waals surface area contributed by atoms with Gasteiger partial charge in [0.05, 0.1) is 0 Å². The smallest absolute Gasteiger partial charge is 0.255 e. The first-order valence-electron chi connectivity index (χ1n) is 10.1. The first-order chi connectivity index (χ1) is 14.5. The van der Waals surface area contributed by atoms with Gasteiger partial charge in [-0.15, -0.1) is 0 Å². The summed E-state index contributed by atoms with van der Waals surface area (Å²) < 4.78 is 27.0. The number of hydrogen-bond donors (Lipinski definition) is 3. The molecular weight excluding hydrogens is 390 g/mol. The van der Waals surface area contributed by atoms with Crippen molar-refractivity contribution in [1.29, 1.82) is 0 Å². The predicted octanol–water partition coefficient (Wildman–Crippen LogP) is 2.89. The number of nitrogens with two attached hydrogens (primary N) is 1. The summed E-state index contributed by atoms with van der Waals surface area (Å²) in [6.45, 7) is 3.17. The maximum Gasteiger partial charge on any atom is 0.255 e. The number of nitrogens with zero attached hydrogens (tertiary/aromatic N) is 1.